The maximum atomic E-state index is 5.91. The van der Waals surface area contributed by atoms with Crippen molar-refractivity contribution in [3.05, 3.63) is 78.0 Å². The summed E-state index contributed by atoms with van der Waals surface area (Å²) in [5.41, 5.74) is 3.42. The molecule has 0 saturated carbocycles. The van der Waals surface area contributed by atoms with Crippen molar-refractivity contribution in [2.24, 2.45) is 4.99 Å². The number of halogens is 1. The summed E-state index contributed by atoms with van der Waals surface area (Å²) in [5, 5.41) is 7.88. The number of nitrogens with one attached hydrogen (secondary N) is 2. The highest BCUT2D eigenvalue weighted by Gasteiger charge is 2.05. The first-order chi connectivity index (χ1) is 13.8. The van der Waals surface area contributed by atoms with Gasteiger partial charge in [0, 0.05) is 38.3 Å². The fraction of sp³-hybridized carbons (Fsp3) is 0.304. The summed E-state index contributed by atoms with van der Waals surface area (Å²) in [6.45, 7) is 4.29. The van der Waals surface area contributed by atoms with Crippen LogP contribution in [0.15, 0.2) is 71.9 Å². The van der Waals surface area contributed by atoms with Crippen LogP contribution in [0, 0.1) is 0 Å². The van der Waals surface area contributed by atoms with Gasteiger partial charge in [0.25, 0.3) is 0 Å². The van der Waals surface area contributed by atoms with Crippen LogP contribution < -0.4 is 10.6 Å². The summed E-state index contributed by atoms with van der Waals surface area (Å²) in [4.78, 5) is 8.71. The lowest BCUT2D eigenvalue weighted by atomic mass is 10.1. The second kappa shape index (κ2) is 12.4. The molecule has 1 heterocycles. The third-order valence-electron chi connectivity index (χ3n) is 4.66. The van der Waals surface area contributed by atoms with E-state index in [1.54, 1.807) is 7.05 Å². The van der Waals surface area contributed by atoms with Crippen molar-refractivity contribution in [2.45, 2.75) is 26.0 Å². The normalized spacial score (nSPS) is 12.3. The zero-order valence-electron chi connectivity index (χ0n) is 17.0. The van der Waals surface area contributed by atoms with Crippen LogP contribution in [0.3, 0.4) is 0 Å². The zero-order chi connectivity index (χ0) is 19.6. The second-order valence-electron chi connectivity index (χ2n) is 6.62. The van der Waals surface area contributed by atoms with Gasteiger partial charge in [0.05, 0.1) is 11.6 Å². The first kappa shape index (κ1) is 23.1. The summed E-state index contributed by atoms with van der Waals surface area (Å²) < 4.78 is 5.91. The Morgan fingerprint density at radius 2 is 1.79 bits per heavy atom. The molecule has 6 heteroatoms. The van der Waals surface area contributed by atoms with E-state index in [1.807, 2.05) is 48.7 Å². The molecule has 29 heavy (non-hydrogen) atoms. The number of aliphatic imine (C=N–C) groups is 1. The predicted octanol–water partition coefficient (Wildman–Crippen LogP) is 4.69. The van der Waals surface area contributed by atoms with E-state index in [9.17, 15) is 0 Å². The minimum Gasteiger partial charge on any atom is -0.374 e. The van der Waals surface area contributed by atoms with E-state index in [1.165, 1.54) is 11.1 Å². The minimum absolute atomic E-state index is 0. The van der Waals surface area contributed by atoms with Gasteiger partial charge in [-0.05, 0) is 36.6 Å². The Morgan fingerprint density at radius 3 is 2.59 bits per heavy atom. The Hall–Kier alpha value is -2.19. The van der Waals surface area contributed by atoms with E-state index < -0.39 is 0 Å². The van der Waals surface area contributed by atoms with Crippen molar-refractivity contribution >= 4 is 40.8 Å². The molecule has 3 rings (SSSR count). The lowest BCUT2D eigenvalue weighted by Gasteiger charge is -2.15. The number of para-hydroxylation sites is 1. The van der Waals surface area contributed by atoms with Crippen molar-refractivity contribution < 1.29 is 4.74 Å². The Kier molecular flexibility index (Phi) is 9.87. The molecule has 0 saturated heterocycles. The van der Waals surface area contributed by atoms with Crippen LogP contribution in [0.1, 0.15) is 30.6 Å². The first-order valence-electron chi connectivity index (χ1n) is 9.71. The molecule has 0 radical (unpaired) electrons. The molecule has 154 valence electrons. The summed E-state index contributed by atoms with van der Waals surface area (Å²) in [7, 11) is 1.79. The smallest absolute Gasteiger partial charge is 0.191 e. The molecule has 1 atom stereocenters. The molecule has 0 bridgehead atoms. The number of fused-ring (bicyclic) bond motifs is 1. The zero-order valence-corrected chi connectivity index (χ0v) is 19.3. The van der Waals surface area contributed by atoms with Crippen molar-refractivity contribution in [1.82, 2.24) is 15.6 Å². The highest BCUT2D eigenvalue weighted by molar-refractivity contribution is 14.0. The standard InChI is InChI=1S/C23H28N4O.HI/c1-18(19-9-4-3-5-10-19)28-16-8-14-26-23(24-2)27-17-20-13-15-25-22-12-7-6-11-21(20)22;/h3-7,9-13,15,18H,8,14,16-17H2,1-2H3,(H2,24,26,27);1H. The molecule has 2 aromatic carbocycles. The summed E-state index contributed by atoms with van der Waals surface area (Å²) in [6, 6.07) is 20.5. The molecule has 0 aliphatic carbocycles. The number of nitrogens with zero attached hydrogens (tertiary/aromatic N) is 2. The monoisotopic (exact) mass is 504 g/mol. The van der Waals surface area contributed by atoms with Crippen molar-refractivity contribution in [1.29, 1.82) is 0 Å². The van der Waals surface area contributed by atoms with Crippen LogP contribution in [0.2, 0.25) is 0 Å². The topological polar surface area (TPSA) is 58.5 Å². The van der Waals surface area contributed by atoms with Crippen LogP contribution in [-0.2, 0) is 11.3 Å². The second-order valence-corrected chi connectivity index (χ2v) is 6.62. The molecule has 1 unspecified atom stereocenters. The Morgan fingerprint density at radius 1 is 1.03 bits per heavy atom. The Bertz CT molecular complexity index is 896. The van der Waals surface area contributed by atoms with Crippen LogP contribution in [0.5, 0.6) is 0 Å². The minimum atomic E-state index is 0. The molecule has 0 amide bonds. The van der Waals surface area contributed by atoms with Crippen molar-refractivity contribution in [2.75, 3.05) is 20.2 Å². The number of guanidine groups is 1. The van der Waals surface area contributed by atoms with Gasteiger partial charge < -0.3 is 15.4 Å². The third kappa shape index (κ3) is 6.97. The van der Waals surface area contributed by atoms with Gasteiger partial charge in [-0.2, -0.15) is 0 Å². The van der Waals surface area contributed by atoms with E-state index in [0.717, 1.165) is 29.8 Å². The summed E-state index contributed by atoms with van der Waals surface area (Å²) in [5.74, 6) is 0.789. The number of hydrogen-bond donors (Lipinski definition) is 2. The molecule has 1 aromatic heterocycles. The molecule has 3 aromatic rings. The molecular formula is C23H29IN4O. The number of rotatable bonds is 8. The lowest BCUT2D eigenvalue weighted by molar-refractivity contribution is 0.0646. The maximum Gasteiger partial charge on any atom is 0.191 e. The molecule has 0 fully saturated rings. The van der Waals surface area contributed by atoms with Gasteiger partial charge in [-0.25, -0.2) is 0 Å². The quantitative estimate of drug-likeness (QED) is 0.202. The number of hydrogen-bond acceptors (Lipinski definition) is 3. The van der Waals surface area contributed by atoms with Crippen LogP contribution in [-0.4, -0.2) is 31.1 Å². The van der Waals surface area contributed by atoms with Gasteiger partial charge in [-0.3, -0.25) is 9.98 Å². The maximum absolute atomic E-state index is 5.91. The molecule has 0 spiro atoms. The van der Waals surface area contributed by atoms with E-state index in [-0.39, 0.29) is 30.1 Å². The van der Waals surface area contributed by atoms with Gasteiger partial charge in [-0.15, -0.1) is 24.0 Å². The van der Waals surface area contributed by atoms with E-state index in [4.69, 9.17) is 4.74 Å². The van der Waals surface area contributed by atoms with Gasteiger partial charge >= 0.3 is 0 Å². The third-order valence-corrected chi connectivity index (χ3v) is 4.66. The first-order valence-corrected chi connectivity index (χ1v) is 9.71. The molecule has 5 nitrogen and oxygen atoms in total. The van der Waals surface area contributed by atoms with Crippen molar-refractivity contribution in [3.63, 3.8) is 0 Å². The van der Waals surface area contributed by atoms with Crippen LogP contribution >= 0.6 is 24.0 Å². The van der Waals surface area contributed by atoms with Crippen LogP contribution in [0.25, 0.3) is 10.9 Å². The number of benzene rings is 2. The number of ether oxygens (including phenoxy) is 1. The predicted molar refractivity (Wildman–Crippen MR) is 131 cm³/mol. The van der Waals surface area contributed by atoms with E-state index in [0.29, 0.717) is 13.2 Å². The van der Waals surface area contributed by atoms with Gasteiger partial charge in [-0.1, -0.05) is 48.5 Å². The Labute approximate surface area is 190 Å². The van der Waals surface area contributed by atoms with E-state index >= 15 is 0 Å². The largest absolute Gasteiger partial charge is 0.374 e. The summed E-state index contributed by atoms with van der Waals surface area (Å²) in [6.07, 6.45) is 2.87. The van der Waals surface area contributed by atoms with Gasteiger partial charge in [0.15, 0.2) is 5.96 Å². The Balaban J connectivity index is 0.00000300. The lowest BCUT2D eigenvalue weighted by Crippen LogP contribution is -2.37. The highest BCUT2D eigenvalue weighted by atomic mass is 127. The van der Waals surface area contributed by atoms with Gasteiger partial charge in [0.2, 0.25) is 0 Å². The number of aromatic nitrogens is 1. The fourth-order valence-electron chi connectivity index (χ4n) is 3.07. The molecular weight excluding hydrogens is 475 g/mol. The average molecular weight is 504 g/mol. The molecule has 2 N–H and O–H groups in total. The molecule has 0 aliphatic heterocycles. The SMILES string of the molecule is CN=C(NCCCOC(C)c1ccccc1)NCc1ccnc2ccccc12.I. The van der Waals surface area contributed by atoms with Crippen molar-refractivity contribution in [3.8, 4) is 0 Å². The molecule has 0 aliphatic rings. The van der Waals surface area contributed by atoms with E-state index in [2.05, 4.69) is 45.7 Å². The van der Waals surface area contributed by atoms with Crippen LogP contribution in [0.4, 0.5) is 0 Å². The fourth-order valence-corrected chi connectivity index (χ4v) is 3.07. The highest BCUT2D eigenvalue weighted by Crippen LogP contribution is 2.16. The van der Waals surface area contributed by atoms with Gasteiger partial charge in [0.1, 0.15) is 0 Å². The summed E-state index contributed by atoms with van der Waals surface area (Å²) >= 11 is 0. The average Bonchev–Trinajstić information content (AvgIpc) is 2.76. The number of pyridine rings is 1.